The van der Waals surface area contributed by atoms with Crippen LogP contribution >= 0.6 is 23.1 Å². The number of hydrogen-bond donors (Lipinski definition) is 2. The number of amides is 2. The van der Waals surface area contributed by atoms with Gasteiger partial charge in [-0.25, -0.2) is 0 Å². The number of carbonyl (C=O) groups is 2. The van der Waals surface area contributed by atoms with Gasteiger partial charge in [-0.1, -0.05) is 23.9 Å². The lowest BCUT2D eigenvalue weighted by Gasteiger charge is -2.03. The highest BCUT2D eigenvalue weighted by molar-refractivity contribution is 7.99. The van der Waals surface area contributed by atoms with Gasteiger partial charge >= 0.3 is 0 Å². The first kappa shape index (κ1) is 18.9. The largest absolute Gasteiger partial charge is 0.497 e. The van der Waals surface area contributed by atoms with Gasteiger partial charge in [-0.3, -0.25) is 9.59 Å². The van der Waals surface area contributed by atoms with Crippen molar-refractivity contribution >= 4 is 39.9 Å². The lowest BCUT2D eigenvalue weighted by atomic mass is 10.1. The van der Waals surface area contributed by atoms with E-state index in [1.807, 2.05) is 24.3 Å². The zero-order valence-corrected chi connectivity index (χ0v) is 15.9. The third-order valence-corrected chi connectivity index (χ3v) is 5.12. The van der Waals surface area contributed by atoms with Crippen molar-refractivity contribution in [3.05, 3.63) is 52.7 Å². The summed E-state index contributed by atoms with van der Waals surface area (Å²) < 4.78 is 10.7. The van der Waals surface area contributed by atoms with Gasteiger partial charge in [0.05, 0.1) is 24.8 Å². The lowest BCUT2D eigenvalue weighted by Crippen LogP contribution is -2.17. The number of benzene rings is 1. The van der Waals surface area contributed by atoms with E-state index < -0.39 is 5.91 Å². The fourth-order valence-corrected chi connectivity index (χ4v) is 3.57. The Balaban J connectivity index is 1.52. The molecule has 0 spiro atoms. The van der Waals surface area contributed by atoms with Crippen LogP contribution in [-0.2, 0) is 11.2 Å². The van der Waals surface area contributed by atoms with Gasteiger partial charge in [-0.2, -0.15) is 0 Å². The molecule has 1 aromatic carbocycles. The van der Waals surface area contributed by atoms with Crippen LogP contribution in [0.4, 0.5) is 5.00 Å². The summed E-state index contributed by atoms with van der Waals surface area (Å²) >= 11 is 2.35. The monoisotopic (exact) mass is 404 g/mol. The molecule has 2 amide bonds. The number of nitrogens with two attached hydrogens (primary N) is 1. The molecule has 0 atom stereocenters. The van der Waals surface area contributed by atoms with E-state index in [2.05, 4.69) is 15.5 Å². The zero-order valence-electron chi connectivity index (χ0n) is 14.3. The van der Waals surface area contributed by atoms with Crippen LogP contribution in [0.3, 0.4) is 0 Å². The van der Waals surface area contributed by atoms with E-state index >= 15 is 0 Å². The summed E-state index contributed by atoms with van der Waals surface area (Å²) in [5.74, 6) is 0.425. The van der Waals surface area contributed by atoms with Crippen LogP contribution in [0.1, 0.15) is 21.8 Å². The van der Waals surface area contributed by atoms with E-state index in [1.54, 1.807) is 18.6 Å². The summed E-state index contributed by atoms with van der Waals surface area (Å²) in [6, 6.07) is 9.12. The normalized spacial score (nSPS) is 10.6. The minimum Gasteiger partial charge on any atom is -0.497 e. The van der Waals surface area contributed by atoms with Gasteiger partial charge in [0.1, 0.15) is 10.8 Å². The molecule has 3 aromatic rings. The number of thioether (sulfide) groups is 1. The number of carbonyl (C=O) groups excluding carboxylic acids is 2. The molecule has 3 rings (SSSR count). The molecular weight excluding hydrogens is 388 g/mol. The third-order valence-electron chi connectivity index (χ3n) is 3.47. The molecule has 8 nitrogen and oxygen atoms in total. The quantitative estimate of drug-likeness (QED) is 0.554. The van der Waals surface area contributed by atoms with Crippen LogP contribution in [0.5, 0.6) is 5.75 Å². The smallest absolute Gasteiger partial charge is 0.277 e. The van der Waals surface area contributed by atoms with Crippen molar-refractivity contribution in [2.75, 3.05) is 18.2 Å². The van der Waals surface area contributed by atoms with E-state index in [9.17, 15) is 9.59 Å². The van der Waals surface area contributed by atoms with Gasteiger partial charge in [-0.05, 0) is 29.1 Å². The Kier molecular flexibility index (Phi) is 6.09. The second-order valence-corrected chi connectivity index (χ2v) is 7.19. The Morgan fingerprint density at radius 3 is 2.74 bits per heavy atom. The molecule has 3 N–H and O–H groups in total. The summed E-state index contributed by atoms with van der Waals surface area (Å²) in [5.41, 5.74) is 6.55. The summed E-state index contributed by atoms with van der Waals surface area (Å²) in [5, 5.41) is 13.0. The standard InChI is InChI=1S/C17H16N4O4S2/c1-24-11-4-2-10(3-5-11)8-14-20-21-17(25-14)27-9-13(22)19-16-12(15(18)23)6-7-26-16/h2-7H,8-9H2,1H3,(H2,18,23)(H,19,22). The number of methoxy groups -OCH3 is 1. The van der Waals surface area contributed by atoms with Gasteiger partial charge < -0.3 is 20.2 Å². The molecule has 2 aromatic heterocycles. The molecule has 0 saturated heterocycles. The van der Waals surface area contributed by atoms with Crippen molar-refractivity contribution in [2.24, 2.45) is 5.73 Å². The molecule has 2 heterocycles. The van der Waals surface area contributed by atoms with Gasteiger partial charge in [0.25, 0.3) is 11.1 Å². The Morgan fingerprint density at radius 2 is 2.04 bits per heavy atom. The molecule has 10 heteroatoms. The van der Waals surface area contributed by atoms with E-state index in [1.165, 1.54) is 11.3 Å². The van der Waals surface area contributed by atoms with E-state index in [0.29, 0.717) is 22.5 Å². The van der Waals surface area contributed by atoms with Crippen molar-refractivity contribution in [3.8, 4) is 5.75 Å². The zero-order chi connectivity index (χ0) is 19.2. The Bertz CT molecular complexity index is 937. The number of hydrogen-bond acceptors (Lipinski definition) is 8. The fourth-order valence-electron chi connectivity index (χ4n) is 2.18. The van der Waals surface area contributed by atoms with Crippen LogP contribution in [0.2, 0.25) is 0 Å². The van der Waals surface area contributed by atoms with Crippen LogP contribution in [0.25, 0.3) is 0 Å². The SMILES string of the molecule is COc1ccc(Cc2nnc(SCC(=O)Nc3sccc3C(N)=O)o2)cc1. The molecule has 0 radical (unpaired) electrons. The maximum absolute atomic E-state index is 12.0. The van der Waals surface area contributed by atoms with Crippen LogP contribution in [-0.4, -0.2) is 34.9 Å². The highest BCUT2D eigenvalue weighted by Crippen LogP contribution is 2.24. The number of rotatable bonds is 8. The number of ether oxygens (including phenoxy) is 1. The molecule has 0 fully saturated rings. The number of anilines is 1. The molecule has 27 heavy (non-hydrogen) atoms. The summed E-state index contributed by atoms with van der Waals surface area (Å²) in [6.45, 7) is 0. The minimum absolute atomic E-state index is 0.0697. The van der Waals surface area contributed by atoms with Crippen LogP contribution < -0.4 is 15.8 Å². The molecule has 0 aliphatic heterocycles. The first-order valence-corrected chi connectivity index (χ1v) is 9.67. The maximum Gasteiger partial charge on any atom is 0.277 e. The average molecular weight is 404 g/mol. The second kappa shape index (κ2) is 8.69. The predicted molar refractivity (Wildman–Crippen MR) is 102 cm³/mol. The molecule has 0 bridgehead atoms. The maximum atomic E-state index is 12.0. The van der Waals surface area contributed by atoms with Crippen LogP contribution in [0, 0.1) is 0 Å². The highest BCUT2D eigenvalue weighted by Gasteiger charge is 2.14. The first-order valence-electron chi connectivity index (χ1n) is 7.80. The topological polar surface area (TPSA) is 120 Å². The highest BCUT2D eigenvalue weighted by atomic mass is 32.2. The lowest BCUT2D eigenvalue weighted by molar-refractivity contribution is -0.113. The van der Waals surface area contributed by atoms with Gasteiger partial charge in [0.2, 0.25) is 11.8 Å². The molecule has 0 unspecified atom stereocenters. The number of nitrogens with zero attached hydrogens (tertiary/aromatic N) is 2. The minimum atomic E-state index is -0.584. The molecule has 0 saturated carbocycles. The summed E-state index contributed by atoms with van der Waals surface area (Å²) in [4.78, 5) is 23.3. The number of thiophene rings is 1. The van der Waals surface area contributed by atoms with Crippen molar-refractivity contribution < 1.29 is 18.7 Å². The van der Waals surface area contributed by atoms with Crippen molar-refractivity contribution in [2.45, 2.75) is 11.6 Å². The molecular formula is C17H16N4O4S2. The summed E-state index contributed by atoms with van der Waals surface area (Å²) in [6.07, 6.45) is 0.487. The van der Waals surface area contributed by atoms with E-state index in [-0.39, 0.29) is 17.2 Å². The first-order chi connectivity index (χ1) is 13.0. The number of aromatic nitrogens is 2. The van der Waals surface area contributed by atoms with Gasteiger partial charge in [0.15, 0.2) is 0 Å². The average Bonchev–Trinajstić information content (AvgIpc) is 3.30. The number of nitrogens with one attached hydrogen (secondary N) is 1. The number of primary amides is 1. The van der Waals surface area contributed by atoms with Crippen molar-refractivity contribution in [1.29, 1.82) is 0 Å². The van der Waals surface area contributed by atoms with E-state index in [4.69, 9.17) is 14.9 Å². The van der Waals surface area contributed by atoms with E-state index in [0.717, 1.165) is 23.1 Å². The van der Waals surface area contributed by atoms with Gasteiger partial charge in [0, 0.05) is 0 Å². The summed E-state index contributed by atoms with van der Waals surface area (Å²) in [7, 11) is 1.61. The van der Waals surface area contributed by atoms with Crippen molar-refractivity contribution in [1.82, 2.24) is 10.2 Å². The molecule has 0 aliphatic carbocycles. The van der Waals surface area contributed by atoms with Crippen LogP contribution in [0.15, 0.2) is 45.4 Å². The molecule has 140 valence electrons. The Labute approximate surface area is 163 Å². The predicted octanol–water partition coefficient (Wildman–Crippen LogP) is 2.56. The Hall–Kier alpha value is -2.85. The fraction of sp³-hybridized carbons (Fsp3) is 0.176. The second-order valence-electron chi connectivity index (χ2n) is 5.35. The van der Waals surface area contributed by atoms with Gasteiger partial charge in [-0.15, -0.1) is 21.5 Å². The van der Waals surface area contributed by atoms with Crippen molar-refractivity contribution in [3.63, 3.8) is 0 Å². The third kappa shape index (κ3) is 5.08. The molecule has 0 aliphatic rings. The Morgan fingerprint density at radius 1 is 1.26 bits per heavy atom.